The quantitative estimate of drug-likeness (QED) is 0.278. The molecule has 0 radical (unpaired) electrons. The molecule has 154 valence electrons. The molecule has 2 heterocycles. The van der Waals surface area contributed by atoms with E-state index in [1.165, 1.54) is 6.42 Å². The summed E-state index contributed by atoms with van der Waals surface area (Å²) in [6.07, 6.45) is 5.29. The Morgan fingerprint density at radius 1 is 1.33 bits per heavy atom. The number of halogens is 1. The van der Waals surface area contributed by atoms with Crippen molar-refractivity contribution in [1.29, 1.82) is 0 Å². The highest BCUT2D eigenvalue weighted by molar-refractivity contribution is 14.0. The lowest BCUT2D eigenvalue weighted by Gasteiger charge is -2.26. The van der Waals surface area contributed by atoms with Gasteiger partial charge < -0.3 is 10.6 Å². The number of fused-ring (bicyclic) bond motifs is 1. The van der Waals surface area contributed by atoms with Gasteiger partial charge in [0.1, 0.15) is 11.6 Å². The van der Waals surface area contributed by atoms with Gasteiger partial charge in [-0.1, -0.05) is 6.42 Å². The summed E-state index contributed by atoms with van der Waals surface area (Å²) in [5, 5.41) is 10.8. The Morgan fingerprint density at radius 3 is 2.78 bits per heavy atom. The van der Waals surface area contributed by atoms with E-state index in [9.17, 15) is 8.42 Å². The Labute approximate surface area is 178 Å². The number of sulfonamides is 1. The van der Waals surface area contributed by atoms with Gasteiger partial charge in [-0.25, -0.2) is 22.8 Å². The van der Waals surface area contributed by atoms with Crippen molar-refractivity contribution in [3.8, 4) is 0 Å². The van der Waals surface area contributed by atoms with Crippen molar-refractivity contribution in [2.75, 3.05) is 25.9 Å². The number of aromatic nitrogens is 3. The van der Waals surface area contributed by atoms with Gasteiger partial charge in [-0.15, -0.1) is 24.0 Å². The molecule has 1 aromatic heterocycles. The third kappa shape index (κ3) is 6.56. The Bertz CT molecular complexity index is 746. The average Bonchev–Trinajstić information content (AvgIpc) is 2.91. The number of nitrogens with one attached hydrogen (secondary N) is 3. The maximum Gasteiger partial charge on any atom is 0.213 e. The van der Waals surface area contributed by atoms with Crippen molar-refractivity contribution in [2.45, 2.75) is 51.6 Å². The minimum atomic E-state index is -3.24. The number of aliphatic imine (C=N–C) groups is 1. The van der Waals surface area contributed by atoms with Crippen LogP contribution in [0.3, 0.4) is 0 Å². The molecular formula is C16H30IN7O2S. The van der Waals surface area contributed by atoms with E-state index in [4.69, 9.17) is 0 Å². The SMILES string of the molecule is CN=C(NCCS(=O)(=O)NCC1CCC1)NC1CCc2nc(C)nn2C1.I. The second-order valence-corrected chi connectivity index (χ2v) is 9.03. The average molecular weight is 511 g/mol. The molecule has 3 rings (SSSR count). The van der Waals surface area contributed by atoms with Crippen molar-refractivity contribution < 1.29 is 8.42 Å². The highest BCUT2D eigenvalue weighted by Gasteiger charge is 2.22. The molecule has 27 heavy (non-hydrogen) atoms. The van der Waals surface area contributed by atoms with E-state index in [2.05, 4.69) is 30.4 Å². The van der Waals surface area contributed by atoms with Crippen molar-refractivity contribution in [2.24, 2.45) is 10.9 Å². The van der Waals surface area contributed by atoms with Crippen LogP contribution in [0.25, 0.3) is 0 Å². The van der Waals surface area contributed by atoms with Crippen LogP contribution in [-0.4, -0.2) is 61.1 Å². The zero-order valence-electron chi connectivity index (χ0n) is 15.9. The summed E-state index contributed by atoms with van der Waals surface area (Å²) < 4.78 is 28.7. The van der Waals surface area contributed by atoms with Gasteiger partial charge in [-0.2, -0.15) is 5.10 Å². The molecule has 1 unspecified atom stereocenters. The topological polar surface area (TPSA) is 113 Å². The normalized spacial score (nSPS) is 20.4. The summed E-state index contributed by atoms with van der Waals surface area (Å²) in [4.78, 5) is 8.60. The summed E-state index contributed by atoms with van der Waals surface area (Å²) in [6, 6.07) is 0.197. The van der Waals surface area contributed by atoms with Crippen LogP contribution in [0.1, 0.15) is 37.3 Å². The molecule has 1 aliphatic heterocycles. The number of nitrogens with zero attached hydrogens (tertiary/aromatic N) is 4. The first kappa shape index (κ1) is 22.3. The minimum Gasteiger partial charge on any atom is -0.355 e. The van der Waals surface area contributed by atoms with Crippen LogP contribution in [0.2, 0.25) is 0 Å². The number of aryl methyl sites for hydroxylation is 2. The van der Waals surface area contributed by atoms with Crippen LogP contribution in [0.4, 0.5) is 0 Å². The standard InChI is InChI=1S/C16H29N7O2S.HI/c1-12-20-15-7-6-14(11-23(15)22-12)21-16(17-2)18-8-9-26(24,25)19-10-13-4-3-5-13;/h13-14,19H,3-11H2,1-2H3,(H2,17,18,21);1H. The molecule has 0 spiro atoms. The molecule has 3 N–H and O–H groups in total. The number of rotatable bonds is 7. The van der Waals surface area contributed by atoms with E-state index >= 15 is 0 Å². The van der Waals surface area contributed by atoms with Crippen molar-refractivity contribution >= 4 is 40.0 Å². The van der Waals surface area contributed by atoms with Crippen molar-refractivity contribution in [1.82, 2.24) is 30.1 Å². The number of hydrogen-bond donors (Lipinski definition) is 3. The lowest BCUT2D eigenvalue weighted by atomic mass is 9.86. The smallest absolute Gasteiger partial charge is 0.213 e. The van der Waals surface area contributed by atoms with Gasteiger partial charge in [0, 0.05) is 32.6 Å². The van der Waals surface area contributed by atoms with Crippen LogP contribution in [0.15, 0.2) is 4.99 Å². The Balaban J connectivity index is 0.00000261. The molecule has 1 atom stereocenters. The first-order chi connectivity index (χ1) is 12.4. The summed E-state index contributed by atoms with van der Waals surface area (Å²) in [7, 11) is -1.56. The van der Waals surface area contributed by atoms with E-state index in [-0.39, 0.29) is 35.8 Å². The lowest BCUT2D eigenvalue weighted by molar-refractivity contribution is 0.316. The first-order valence-electron chi connectivity index (χ1n) is 9.30. The first-order valence-corrected chi connectivity index (χ1v) is 11.0. The molecule has 1 saturated carbocycles. The molecule has 0 amide bonds. The zero-order valence-corrected chi connectivity index (χ0v) is 19.1. The summed E-state index contributed by atoms with van der Waals surface area (Å²) in [6.45, 7) is 3.52. The zero-order chi connectivity index (χ0) is 18.6. The Kier molecular flexibility index (Phi) is 8.28. The van der Waals surface area contributed by atoms with Crippen LogP contribution in [-0.2, 0) is 23.0 Å². The van der Waals surface area contributed by atoms with Gasteiger partial charge in [0.15, 0.2) is 5.96 Å². The number of guanidine groups is 1. The van der Waals surface area contributed by atoms with E-state index in [1.54, 1.807) is 7.05 Å². The highest BCUT2D eigenvalue weighted by atomic mass is 127. The van der Waals surface area contributed by atoms with Gasteiger partial charge >= 0.3 is 0 Å². The van der Waals surface area contributed by atoms with E-state index in [0.29, 0.717) is 25.0 Å². The molecule has 0 saturated heterocycles. The molecular weight excluding hydrogens is 481 g/mol. The largest absolute Gasteiger partial charge is 0.355 e. The molecule has 0 aromatic carbocycles. The Morgan fingerprint density at radius 2 is 2.11 bits per heavy atom. The van der Waals surface area contributed by atoms with Crippen LogP contribution in [0, 0.1) is 12.8 Å². The van der Waals surface area contributed by atoms with Gasteiger partial charge in [-0.05, 0) is 32.1 Å². The minimum absolute atomic E-state index is 0. The van der Waals surface area contributed by atoms with Crippen LogP contribution >= 0.6 is 24.0 Å². The number of hydrogen-bond acceptors (Lipinski definition) is 5. The molecule has 1 aliphatic carbocycles. The molecule has 0 bridgehead atoms. The van der Waals surface area contributed by atoms with Crippen LogP contribution in [0.5, 0.6) is 0 Å². The third-order valence-corrected chi connectivity index (χ3v) is 6.36. The van der Waals surface area contributed by atoms with Gasteiger partial charge in [0.25, 0.3) is 0 Å². The second kappa shape index (κ2) is 10.0. The third-order valence-electron chi connectivity index (χ3n) is 5.01. The monoisotopic (exact) mass is 511 g/mol. The van der Waals surface area contributed by atoms with Gasteiger partial charge in [-0.3, -0.25) is 4.99 Å². The van der Waals surface area contributed by atoms with E-state index in [0.717, 1.165) is 43.9 Å². The maximum absolute atomic E-state index is 12.0. The van der Waals surface area contributed by atoms with Crippen LogP contribution < -0.4 is 15.4 Å². The Hall–Kier alpha value is -0.950. The predicted molar refractivity (Wildman–Crippen MR) is 116 cm³/mol. The molecule has 9 nitrogen and oxygen atoms in total. The molecule has 2 aliphatic rings. The van der Waals surface area contributed by atoms with Crippen molar-refractivity contribution in [3.63, 3.8) is 0 Å². The molecule has 1 fully saturated rings. The van der Waals surface area contributed by atoms with E-state index < -0.39 is 10.0 Å². The van der Waals surface area contributed by atoms with Gasteiger partial charge in [0.05, 0.1) is 12.3 Å². The second-order valence-electron chi connectivity index (χ2n) is 7.10. The maximum atomic E-state index is 12.0. The lowest BCUT2D eigenvalue weighted by Crippen LogP contribution is -2.48. The highest BCUT2D eigenvalue weighted by Crippen LogP contribution is 2.25. The summed E-state index contributed by atoms with van der Waals surface area (Å²) in [5.41, 5.74) is 0. The summed E-state index contributed by atoms with van der Waals surface area (Å²) in [5.74, 6) is 2.99. The van der Waals surface area contributed by atoms with Gasteiger partial charge in [0.2, 0.25) is 10.0 Å². The molecule has 1 aromatic rings. The van der Waals surface area contributed by atoms with Crippen molar-refractivity contribution in [3.05, 3.63) is 11.6 Å². The summed E-state index contributed by atoms with van der Waals surface area (Å²) >= 11 is 0. The molecule has 11 heteroatoms. The fourth-order valence-corrected chi connectivity index (χ4v) is 4.26. The fourth-order valence-electron chi connectivity index (χ4n) is 3.26. The fraction of sp³-hybridized carbons (Fsp3) is 0.812. The predicted octanol–water partition coefficient (Wildman–Crippen LogP) is 0.404. The van der Waals surface area contributed by atoms with E-state index in [1.807, 2.05) is 11.6 Å².